The standard InChI is InChI=1S/C22H19N5O4/c1-31-18-9-3-2-8-17(18)24-19(28)14-26-11-5-7-16-20(26)25-22(30)27(21(16)29)13-15-6-4-10-23-12-15/h2-12H,13-14H2,1H3,(H,24,28). The molecule has 1 aromatic heterocycles. The number of pyridine rings is 2. The van der Waals surface area contributed by atoms with E-state index in [1.54, 1.807) is 67.1 Å². The molecule has 3 heterocycles. The van der Waals surface area contributed by atoms with Gasteiger partial charge in [0.05, 0.1) is 24.9 Å². The van der Waals surface area contributed by atoms with E-state index in [4.69, 9.17) is 4.74 Å². The largest absolute Gasteiger partial charge is 0.495 e. The van der Waals surface area contributed by atoms with Gasteiger partial charge >= 0.3 is 5.69 Å². The van der Waals surface area contributed by atoms with E-state index in [0.717, 1.165) is 4.57 Å². The van der Waals surface area contributed by atoms with Crippen LogP contribution in [0.3, 0.4) is 0 Å². The SMILES string of the molecule is COc1ccccc1NC(=O)Cn1cccc2c(=O)n(Cc3cccnc3)c(=O)nc1-2. The number of benzene rings is 1. The number of fused-ring (bicyclic) bond motifs is 1. The average molecular weight is 417 g/mol. The molecule has 4 rings (SSSR count). The first kappa shape index (κ1) is 20.0. The van der Waals surface area contributed by atoms with Crippen molar-refractivity contribution in [2.75, 3.05) is 12.4 Å². The molecule has 0 saturated heterocycles. The Balaban J connectivity index is 1.64. The molecular formula is C22H19N5O4. The maximum Gasteiger partial charge on any atom is 0.352 e. The van der Waals surface area contributed by atoms with E-state index in [9.17, 15) is 14.4 Å². The van der Waals surface area contributed by atoms with Crippen molar-refractivity contribution in [1.82, 2.24) is 19.1 Å². The molecule has 0 aliphatic carbocycles. The molecule has 0 fully saturated rings. The zero-order valence-electron chi connectivity index (χ0n) is 16.7. The molecule has 31 heavy (non-hydrogen) atoms. The lowest BCUT2D eigenvalue weighted by Gasteiger charge is -2.15. The number of anilines is 1. The Morgan fingerprint density at radius 2 is 1.94 bits per heavy atom. The summed E-state index contributed by atoms with van der Waals surface area (Å²) in [5, 5.41) is 2.77. The Hall–Kier alpha value is -4.27. The molecule has 0 saturated carbocycles. The van der Waals surface area contributed by atoms with Gasteiger partial charge in [0.2, 0.25) is 5.91 Å². The van der Waals surface area contributed by atoms with Crippen LogP contribution in [0.5, 0.6) is 5.75 Å². The summed E-state index contributed by atoms with van der Waals surface area (Å²) in [7, 11) is 1.51. The molecule has 2 aliphatic heterocycles. The predicted molar refractivity (Wildman–Crippen MR) is 114 cm³/mol. The van der Waals surface area contributed by atoms with Crippen LogP contribution < -0.4 is 21.3 Å². The molecule has 1 amide bonds. The van der Waals surface area contributed by atoms with Gasteiger partial charge in [-0.3, -0.25) is 19.1 Å². The summed E-state index contributed by atoms with van der Waals surface area (Å²) in [6.45, 7) is -0.0640. The zero-order valence-corrected chi connectivity index (χ0v) is 16.7. The van der Waals surface area contributed by atoms with Crippen LogP contribution in [0, 0.1) is 0 Å². The van der Waals surface area contributed by atoms with E-state index in [2.05, 4.69) is 15.3 Å². The minimum Gasteiger partial charge on any atom is -0.495 e. The summed E-state index contributed by atoms with van der Waals surface area (Å²) in [5.74, 6) is 0.322. The monoisotopic (exact) mass is 417 g/mol. The minimum absolute atomic E-state index is 0.0671. The highest BCUT2D eigenvalue weighted by Gasteiger charge is 2.18. The molecule has 0 spiro atoms. The van der Waals surface area contributed by atoms with Crippen LogP contribution in [0.1, 0.15) is 5.56 Å². The minimum atomic E-state index is -0.688. The number of nitrogens with zero attached hydrogens (tertiary/aromatic N) is 4. The van der Waals surface area contributed by atoms with E-state index in [0.29, 0.717) is 17.0 Å². The van der Waals surface area contributed by atoms with E-state index < -0.39 is 11.2 Å². The lowest BCUT2D eigenvalue weighted by molar-refractivity contribution is -0.116. The molecule has 156 valence electrons. The fourth-order valence-corrected chi connectivity index (χ4v) is 3.25. The molecule has 1 aromatic carbocycles. The maximum absolute atomic E-state index is 12.9. The summed E-state index contributed by atoms with van der Waals surface area (Å²) in [4.78, 5) is 46.2. The second kappa shape index (κ2) is 8.62. The maximum atomic E-state index is 12.9. The van der Waals surface area contributed by atoms with E-state index in [1.807, 2.05) is 0 Å². The number of aromatic nitrogens is 4. The van der Waals surface area contributed by atoms with Crippen LogP contribution in [-0.2, 0) is 17.9 Å². The first-order chi connectivity index (χ1) is 15.1. The Bertz CT molecular complexity index is 1310. The van der Waals surface area contributed by atoms with Gasteiger partial charge in [-0.15, -0.1) is 0 Å². The van der Waals surface area contributed by atoms with Gasteiger partial charge in [0.25, 0.3) is 5.56 Å². The average Bonchev–Trinajstić information content (AvgIpc) is 2.78. The van der Waals surface area contributed by atoms with Crippen molar-refractivity contribution in [3.05, 3.63) is 93.5 Å². The Kier molecular flexibility index (Phi) is 5.57. The summed E-state index contributed by atoms with van der Waals surface area (Å²) < 4.78 is 7.76. The van der Waals surface area contributed by atoms with Crippen LogP contribution >= 0.6 is 0 Å². The Morgan fingerprint density at radius 3 is 2.71 bits per heavy atom. The Morgan fingerprint density at radius 1 is 1.10 bits per heavy atom. The molecule has 0 unspecified atom stereocenters. The lowest BCUT2D eigenvalue weighted by atomic mass is 10.2. The number of para-hydroxylation sites is 2. The third-order valence-electron chi connectivity index (χ3n) is 4.71. The number of hydrogen-bond acceptors (Lipinski definition) is 6. The molecule has 9 nitrogen and oxygen atoms in total. The predicted octanol–water partition coefficient (Wildman–Crippen LogP) is 1.60. The third-order valence-corrected chi connectivity index (χ3v) is 4.71. The van der Waals surface area contributed by atoms with Crippen molar-refractivity contribution < 1.29 is 9.53 Å². The number of ether oxygens (including phenoxy) is 1. The molecule has 2 aromatic rings. The van der Waals surface area contributed by atoms with Crippen molar-refractivity contribution >= 4 is 11.6 Å². The fraction of sp³-hybridized carbons (Fsp3) is 0.136. The number of amides is 1. The highest BCUT2D eigenvalue weighted by molar-refractivity contribution is 5.92. The molecule has 1 N–H and O–H groups in total. The quantitative estimate of drug-likeness (QED) is 0.511. The number of carbonyl (C=O) groups excluding carboxylic acids is 1. The van der Waals surface area contributed by atoms with Gasteiger partial charge in [0, 0.05) is 18.6 Å². The van der Waals surface area contributed by atoms with Crippen LogP contribution in [0.15, 0.2) is 76.7 Å². The van der Waals surface area contributed by atoms with Crippen molar-refractivity contribution in [1.29, 1.82) is 0 Å². The number of nitrogens with one attached hydrogen (secondary N) is 1. The van der Waals surface area contributed by atoms with E-state index in [1.165, 1.54) is 11.7 Å². The normalized spacial score (nSPS) is 10.7. The second-order valence-electron chi connectivity index (χ2n) is 6.77. The fourth-order valence-electron chi connectivity index (χ4n) is 3.25. The van der Waals surface area contributed by atoms with Crippen LogP contribution in [0.25, 0.3) is 11.4 Å². The summed E-state index contributed by atoms with van der Waals surface area (Å²) in [6.07, 6.45) is 4.80. The lowest BCUT2D eigenvalue weighted by Crippen LogP contribution is -2.38. The van der Waals surface area contributed by atoms with Crippen LogP contribution in [0.4, 0.5) is 5.69 Å². The third kappa shape index (κ3) is 4.20. The van der Waals surface area contributed by atoms with Crippen molar-refractivity contribution in [2.45, 2.75) is 13.1 Å². The smallest absolute Gasteiger partial charge is 0.352 e. The number of methoxy groups -OCH3 is 1. The highest BCUT2D eigenvalue weighted by Crippen LogP contribution is 2.23. The van der Waals surface area contributed by atoms with Crippen molar-refractivity contribution in [3.8, 4) is 17.1 Å². The number of carbonyl (C=O) groups is 1. The summed E-state index contributed by atoms with van der Waals surface area (Å²) in [6, 6.07) is 13.7. The topological polar surface area (TPSA) is 108 Å². The van der Waals surface area contributed by atoms with E-state index >= 15 is 0 Å². The van der Waals surface area contributed by atoms with Crippen LogP contribution in [-0.4, -0.2) is 32.1 Å². The number of rotatable bonds is 6. The van der Waals surface area contributed by atoms with Gasteiger partial charge in [-0.2, -0.15) is 4.98 Å². The van der Waals surface area contributed by atoms with Gasteiger partial charge in [-0.25, -0.2) is 4.79 Å². The van der Waals surface area contributed by atoms with Gasteiger partial charge in [0.15, 0.2) is 5.82 Å². The first-order valence-corrected chi connectivity index (χ1v) is 9.48. The van der Waals surface area contributed by atoms with Gasteiger partial charge in [-0.05, 0) is 35.9 Å². The van der Waals surface area contributed by atoms with Gasteiger partial charge < -0.3 is 14.6 Å². The van der Waals surface area contributed by atoms with Gasteiger partial charge in [-0.1, -0.05) is 18.2 Å². The number of hydrogen-bond donors (Lipinski definition) is 1. The Labute approximate surface area is 176 Å². The van der Waals surface area contributed by atoms with Crippen LogP contribution in [0.2, 0.25) is 0 Å². The summed E-state index contributed by atoms with van der Waals surface area (Å²) in [5.41, 5.74) is 0.316. The molecule has 0 radical (unpaired) electrons. The molecular weight excluding hydrogens is 398 g/mol. The summed E-state index contributed by atoms with van der Waals surface area (Å²) >= 11 is 0. The molecule has 0 atom stereocenters. The molecule has 2 aliphatic rings. The van der Waals surface area contributed by atoms with Gasteiger partial charge in [0.1, 0.15) is 12.3 Å². The second-order valence-corrected chi connectivity index (χ2v) is 6.77. The zero-order chi connectivity index (χ0) is 21.8. The highest BCUT2D eigenvalue weighted by atomic mass is 16.5. The van der Waals surface area contributed by atoms with Crippen molar-refractivity contribution in [2.24, 2.45) is 0 Å². The molecule has 9 heteroatoms. The van der Waals surface area contributed by atoms with Crippen molar-refractivity contribution in [3.63, 3.8) is 0 Å². The van der Waals surface area contributed by atoms with E-state index in [-0.39, 0.29) is 30.4 Å². The first-order valence-electron chi connectivity index (χ1n) is 9.48. The molecule has 0 bridgehead atoms.